The summed E-state index contributed by atoms with van der Waals surface area (Å²) in [6, 6.07) is 4.47. The van der Waals surface area contributed by atoms with Crippen LogP contribution in [0.15, 0.2) is 30.5 Å². The van der Waals surface area contributed by atoms with Crippen LogP contribution in [0.25, 0.3) is 0 Å². The largest absolute Gasteiger partial charge is 1.00 e. The molecule has 1 aromatic carbocycles. The van der Waals surface area contributed by atoms with Crippen LogP contribution in [0.5, 0.6) is 0 Å². The summed E-state index contributed by atoms with van der Waals surface area (Å²) >= 11 is 11.3. The molecule has 1 aromatic rings. The van der Waals surface area contributed by atoms with Crippen molar-refractivity contribution in [3.63, 3.8) is 0 Å². The fourth-order valence-electron chi connectivity index (χ4n) is 0.841. The second-order valence-electron chi connectivity index (χ2n) is 2.29. The Labute approximate surface area is 114 Å². The van der Waals surface area contributed by atoms with E-state index in [1.165, 1.54) is 12.1 Å². The van der Waals surface area contributed by atoms with Gasteiger partial charge >= 0.3 is 29.6 Å². The van der Waals surface area contributed by atoms with Crippen LogP contribution in [0, 0.1) is 0 Å². The van der Waals surface area contributed by atoms with Crippen molar-refractivity contribution in [3.8, 4) is 0 Å². The standard InChI is InChI=1S/C9H6Cl2O2.Na/c10-6-1-2-7(8(11)5-6)9(13)3-4-12;/h1-5,12H;/q;+1/p-1. The zero-order valence-electron chi connectivity index (χ0n) is 7.46. The van der Waals surface area contributed by atoms with Gasteiger partial charge in [0, 0.05) is 10.6 Å². The first-order chi connectivity index (χ1) is 6.15. The van der Waals surface area contributed by atoms with E-state index in [9.17, 15) is 9.90 Å². The molecule has 0 fully saturated rings. The second kappa shape index (κ2) is 6.49. The number of hydrogen-bond donors (Lipinski definition) is 0. The summed E-state index contributed by atoms with van der Waals surface area (Å²) < 4.78 is 0. The third-order valence-electron chi connectivity index (χ3n) is 1.42. The summed E-state index contributed by atoms with van der Waals surface area (Å²) in [6.45, 7) is 0. The Morgan fingerprint density at radius 1 is 1.36 bits per heavy atom. The minimum Gasteiger partial charge on any atom is -0.878 e. The van der Waals surface area contributed by atoms with E-state index in [1.807, 2.05) is 0 Å². The molecular formula is C9H5Cl2NaO2. The number of halogens is 2. The summed E-state index contributed by atoms with van der Waals surface area (Å²) in [5.74, 6) is -0.420. The van der Waals surface area contributed by atoms with Gasteiger partial charge in [-0.15, -0.1) is 6.26 Å². The molecule has 5 heteroatoms. The van der Waals surface area contributed by atoms with Crippen molar-refractivity contribution in [1.82, 2.24) is 0 Å². The molecule has 2 nitrogen and oxygen atoms in total. The molecule has 0 heterocycles. The fraction of sp³-hybridized carbons (Fsp3) is 0. The van der Waals surface area contributed by atoms with Gasteiger partial charge in [-0.3, -0.25) is 4.79 Å². The van der Waals surface area contributed by atoms with Gasteiger partial charge in [0.25, 0.3) is 0 Å². The van der Waals surface area contributed by atoms with Crippen LogP contribution in [-0.2, 0) is 0 Å². The van der Waals surface area contributed by atoms with Gasteiger partial charge in [0.05, 0.1) is 5.02 Å². The summed E-state index contributed by atoms with van der Waals surface area (Å²) in [7, 11) is 0. The SMILES string of the molecule is O=C(C=C[O-])c1ccc(Cl)cc1Cl.[Na+]. The van der Waals surface area contributed by atoms with Crippen LogP contribution in [0.3, 0.4) is 0 Å². The number of ketones is 1. The number of allylic oxidation sites excluding steroid dienone is 1. The predicted octanol–water partition coefficient (Wildman–Crippen LogP) is -0.946. The van der Waals surface area contributed by atoms with Gasteiger partial charge in [0.2, 0.25) is 0 Å². The van der Waals surface area contributed by atoms with Gasteiger partial charge in [-0.2, -0.15) is 0 Å². The summed E-state index contributed by atoms with van der Waals surface area (Å²) in [4.78, 5) is 11.2. The first kappa shape index (κ1) is 14.0. The molecule has 0 saturated carbocycles. The second-order valence-corrected chi connectivity index (χ2v) is 3.13. The molecule has 0 radical (unpaired) electrons. The number of benzene rings is 1. The van der Waals surface area contributed by atoms with Gasteiger partial charge in [-0.05, 0) is 24.3 Å². The Kier molecular flexibility index (Phi) is 6.49. The summed E-state index contributed by atoms with van der Waals surface area (Å²) in [5, 5.41) is 10.7. The predicted molar refractivity (Wildman–Crippen MR) is 49.9 cm³/mol. The Bertz CT molecular complexity index is 364. The maximum Gasteiger partial charge on any atom is 1.00 e. The molecule has 0 aliphatic rings. The van der Waals surface area contributed by atoms with Gasteiger partial charge in [-0.25, -0.2) is 0 Å². The molecule has 0 bridgehead atoms. The van der Waals surface area contributed by atoms with Gasteiger partial charge in [-0.1, -0.05) is 23.2 Å². The molecule has 0 aliphatic heterocycles. The molecule has 0 atom stereocenters. The average molecular weight is 239 g/mol. The van der Waals surface area contributed by atoms with Crippen LogP contribution >= 0.6 is 23.2 Å². The molecular weight excluding hydrogens is 234 g/mol. The van der Waals surface area contributed by atoms with Crippen LogP contribution in [0.2, 0.25) is 10.0 Å². The van der Waals surface area contributed by atoms with E-state index >= 15 is 0 Å². The number of hydrogen-bond acceptors (Lipinski definition) is 2. The number of carbonyl (C=O) groups excluding carboxylic acids is 1. The Hall–Kier alpha value is 0.0100. The topological polar surface area (TPSA) is 40.1 Å². The monoisotopic (exact) mass is 238 g/mol. The first-order valence-corrected chi connectivity index (χ1v) is 4.18. The fourth-order valence-corrected chi connectivity index (χ4v) is 1.34. The summed E-state index contributed by atoms with van der Waals surface area (Å²) in [5.41, 5.74) is 0.276. The van der Waals surface area contributed by atoms with Gasteiger partial charge < -0.3 is 5.11 Å². The van der Waals surface area contributed by atoms with Crippen molar-refractivity contribution in [3.05, 3.63) is 46.1 Å². The van der Waals surface area contributed by atoms with Crippen LogP contribution in [0.1, 0.15) is 10.4 Å². The Morgan fingerprint density at radius 3 is 2.50 bits per heavy atom. The van der Waals surface area contributed by atoms with Crippen molar-refractivity contribution in [2.45, 2.75) is 0 Å². The Morgan fingerprint density at radius 2 is 2.00 bits per heavy atom. The number of rotatable bonds is 2. The molecule has 1 rings (SSSR count). The van der Waals surface area contributed by atoms with E-state index in [2.05, 4.69) is 0 Å². The maximum absolute atomic E-state index is 11.2. The van der Waals surface area contributed by atoms with E-state index < -0.39 is 5.78 Å². The minimum atomic E-state index is -0.420. The zero-order chi connectivity index (χ0) is 9.84. The molecule has 0 N–H and O–H groups in total. The van der Waals surface area contributed by atoms with E-state index in [-0.39, 0.29) is 40.1 Å². The Balaban J connectivity index is 0.00000169. The van der Waals surface area contributed by atoms with Crippen molar-refractivity contribution in [2.24, 2.45) is 0 Å². The van der Waals surface area contributed by atoms with E-state index in [1.54, 1.807) is 6.07 Å². The van der Waals surface area contributed by atoms with Crippen molar-refractivity contribution >= 4 is 29.0 Å². The van der Waals surface area contributed by atoms with Crippen molar-refractivity contribution in [1.29, 1.82) is 0 Å². The average Bonchev–Trinajstić information content (AvgIpc) is 2.04. The summed E-state index contributed by atoms with van der Waals surface area (Å²) in [6.07, 6.45) is 1.34. The molecule has 68 valence electrons. The molecule has 14 heavy (non-hydrogen) atoms. The normalized spacial score (nSPS) is 9.86. The molecule has 0 aromatic heterocycles. The maximum atomic E-state index is 11.2. The molecule has 0 amide bonds. The van der Waals surface area contributed by atoms with Crippen molar-refractivity contribution < 1.29 is 39.5 Å². The molecule has 0 aliphatic carbocycles. The van der Waals surface area contributed by atoms with E-state index in [0.29, 0.717) is 11.3 Å². The smallest absolute Gasteiger partial charge is 0.878 e. The van der Waals surface area contributed by atoms with E-state index in [4.69, 9.17) is 23.2 Å². The molecule has 0 unspecified atom stereocenters. The third-order valence-corrected chi connectivity index (χ3v) is 1.96. The third kappa shape index (κ3) is 3.64. The zero-order valence-corrected chi connectivity index (χ0v) is 11.0. The van der Waals surface area contributed by atoms with Gasteiger partial charge in [0.1, 0.15) is 0 Å². The molecule has 0 saturated heterocycles. The minimum absolute atomic E-state index is 0. The van der Waals surface area contributed by atoms with Gasteiger partial charge in [0.15, 0.2) is 5.78 Å². The first-order valence-electron chi connectivity index (χ1n) is 3.43. The molecule has 0 spiro atoms. The van der Waals surface area contributed by atoms with Crippen LogP contribution in [-0.4, -0.2) is 5.78 Å². The van der Waals surface area contributed by atoms with E-state index in [0.717, 1.165) is 6.08 Å². The number of carbonyl (C=O) groups is 1. The van der Waals surface area contributed by atoms with Crippen LogP contribution in [0.4, 0.5) is 0 Å². The quantitative estimate of drug-likeness (QED) is 0.289. The van der Waals surface area contributed by atoms with Crippen LogP contribution < -0.4 is 34.7 Å². The van der Waals surface area contributed by atoms with Crippen molar-refractivity contribution in [2.75, 3.05) is 0 Å².